The van der Waals surface area contributed by atoms with E-state index in [0.29, 0.717) is 0 Å². The van der Waals surface area contributed by atoms with Gasteiger partial charge in [0.05, 0.1) is 31.4 Å². The molecule has 0 aliphatic heterocycles. The molecule has 0 spiro atoms. The van der Waals surface area contributed by atoms with Gasteiger partial charge in [-0.3, -0.25) is 14.7 Å². The van der Waals surface area contributed by atoms with Crippen molar-refractivity contribution in [3.63, 3.8) is 0 Å². The van der Waals surface area contributed by atoms with Crippen LogP contribution in [0.1, 0.15) is 0 Å². The van der Waals surface area contributed by atoms with Crippen molar-refractivity contribution in [1.29, 1.82) is 0 Å². The molecule has 0 saturated heterocycles. The number of aromatic nitrogens is 2. The zero-order chi connectivity index (χ0) is 24.1. The normalized spacial score (nSPS) is 11.4. The number of thiazole rings is 1. The average molecular weight is 497 g/mol. The van der Waals surface area contributed by atoms with Crippen LogP contribution in [0.5, 0.6) is 0 Å². The molecule has 0 aliphatic rings. The van der Waals surface area contributed by atoms with E-state index < -0.39 is 0 Å². The monoisotopic (exact) mass is 496 g/mol. The van der Waals surface area contributed by atoms with E-state index in [0.717, 1.165) is 42.9 Å². The third kappa shape index (κ3) is 3.58. The number of benzene rings is 3. The van der Waals surface area contributed by atoms with Gasteiger partial charge in [-0.15, -0.1) is 0 Å². The Labute approximate surface area is 209 Å². The van der Waals surface area contributed by atoms with Crippen molar-refractivity contribution >= 4 is 55.2 Å². The van der Waals surface area contributed by atoms with Crippen LogP contribution in [0.4, 0.5) is 10.7 Å². The number of nitro groups is 1. The SMILES string of the molecule is CN(C)c1ccc(-c2nc(-n3c4ccccc4c4ccccc43)sc2-c2ccc([N+](=O)[O-])s2)cc1. The summed E-state index contributed by atoms with van der Waals surface area (Å²) in [6.07, 6.45) is 0. The highest BCUT2D eigenvalue weighted by Crippen LogP contribution is 2.44. The summed E-state index contributed by atoms with van der Waals surface area (Å²) in [5, 5.41) is 14.7. The predicted octanol–water partition coefficient (Wildman–Crippen LogP) is 7.61. The second kappa shape index (κ2) is 8.33. The molecule has 0 amide bonds. The molecule has 3 heterocycles. The van der Waals surface area contributed by atoms with E-state index in [1.807, 2.05) is 32.3 Å². The van der Waals surface area contributed by atoms with E-state index in [1.54, 1.807) is 17.4 Å². The van der Waals surface area contributed by atoms with Gasteiger partial charge in [0.15, 0.2) is 5.13 Å². The lowest BCUT2D eigenvalue weighted by Crippen LogP contribution is -2.07. The summed E-state index contributed by atoms with van der Waals surface area (Å²) in [5.74, 6) is 0. The largest absolute Gasteiger partial charge is 0.378 e. The summed E-state index contributed by atoms with van der Waals surface area (Å²) in [6, 6.07) is 28.3. The molecule has 8 heteroatoms. The first-order valence-electron chi connectivity index (χ1n) is 11.0. The molecule has 0 unspecified atom stereocenters. The molecule has 0 radical (unpaired) electrons. The maximum absolute atomic E-state index is 11.4. The van der Waals surface area contributed by atoms with Crippen LogP contribution in [0.3, 0.4) is 0 Å². The second-order valence-electron chi connectivity index (χ2n) is 8.38. The van der Waals surface area contributed by atoms with Crippen molar-refractivity contribution in [3.8, 4) is 26.1 Å². The van der Waals surface area contributed by atoms with Gasteiger partial charge in [-0.05, 0) is 30.3 Å². The first-order valence-corrected chi connectivity index (χ1v) is 12.7. The van der Waals surface area contributed by atoms with E-state index in [-0.39, 0.29) is 9.92 Å². The predicted molar refractivity (Wildman–Crippen MR) is 146 cm³/mol. The van der Waals surface area contributed by atoms with E-state index in [9.17, 15) is 10.1 Å². The third-order valence-electron chi connectivity index (χ3n) is 6.04. The highest BCUT2D eigenvalue weighted by Gasteiger charge is 2.22. The Bertz CT molecular complexity index is 1660. The molecule has 0 bridgehead atoms. The lowest BCUT2D eigenvalue weighted by molar-refractivity contribution is -0.380. The van der Waals surface area contributed by atoms with Gasteiger partial charge in [-0.25, -0.2) is 4.98 Å². The van der Waals surface area contributed by atoms with Crippen LogP contribution in [0.25, 0.3) is 47.9 Å². The maximum atomic E-state index is 11.4. The van der Waals surface area contributed by atoms with Crippen LogP contribution >= 0.6 is 22.7 Å². The van der Waals surface area contributed by atoms with Crippen molar-refractivity contribution < 1.29 is 4.92 Å². The first-order chi connectivity index (χ1) is 17.0. The number of hydrogen-bond donors (Lipinski definition) is 0. The van der Waals surface area contributed by atoms with E-state index in [1.165, 1.54) is 22.1 Å². The first kappa shape index (κ1) is 21.5. The summed E-state index contributed by atoms with van der Waals surface area (Å²) < 4.78 is 2.19. The Morgan fingerprint density at radius 1 is 0.829 bits per heavy atom. The highest BCUT2D eigenvalue weighted by atomic mass is 32.1. The minimum atomic E-state index is -0.339. The Morgan fingerprint density at radius 3 is 2.03 bits per heavy atom. The zero-order valence-corrected chi connectivity index (χ0v) is 20.6. The molecular formula is C27H20N4O2S2. The Morgan fingerprint density at radius 2 is 1.46 bits per heavy atom. The van der Waals surface area contributed by atoms with Crippen LogP contribution in [-0.4, -0.2) is 28.6 Å². The van der Waals surface area contributed by atoms with Gasteiger partial charge >= 0.3 is 5.00 Å². The summed E-state index contributed by atoms with van der Waals surface area (Å²) in [5.41, 5.74) is 5.07. The van der Waals surface area contributed by atoms with Gasteiger partial charge < -0.3 is 4.90 Å². The number of anilines is 1. The standard InChI is InChI=1S/C27H20N4O2S2/c1-29(2)18-13-11-17(12-14-18)25-26(23-15-16-24(34-23)31(32)33)35-27(28-25)30-21-9-5-3-7-19(21)20-8-4-6-10-22(20)30/h3-16H,1-2H3. The average Bonchev–Trinajstić information content (AvgIpc) is 3.59. The van der Waals surface area contributed by atoms with Crippen LogP contribution in [0.15, 0.2) is 84.9 Å². The molecule has 6 aromatic rings. The van der Waals surface area contributed by atoms with Gasteiger partial charge in [0.2, 0.25) is 0 Å². The third-order valence-corrected chi connectivity index (χ3v) is 8.30. The summed E-state index contributed by atoms with van der Waals surface area (Å²) >= 11 is 2.74. The lowest BCUT2D eigenvalue weighted by atomic mass is 10.1. The molecule has 0 aliphatic carbocycles. The molecule has 6 nitrogen and oxygen atoms in total. The summed E-state index contributed by atoms with van der Waals surface area (Å²) in [4.78, 5) is 20.0. The zero-order valence-electron chi connectivity index (χ0n) is 19.0. The molecular weight excluding hydrogens is 476 g/mol. The summed E-state index contributed by atoms with van der Waals surface area (Å²) in [6.45, 7) is 0. The molecule has 3 aromatic heterocycles. The molecule has 6 rings (SSSR count). The van der Waals surface area contributed by atoms with Gasteiger partial charge in [0, 0.05) is 42.2 Å². The van der Waals surface area contributed by atoms with Crippen LogP contribution < -0.4 is 4.90 Å². The Balaban J connectivity index is 1.61. The highest BCUT2D eigenvalue weighted by molar-refractivity contribution is 7.25. The van der Waals surface area contributed by atoms with Crippen molar-refractivity contribution in [2.75, 3.05) is 19.0 Å². The minimum Gasteiger partial charge on any atom is -0.378 e. The molecule has 0 fully saturated rings. The molecule has 0 saturated carbocycles. The van der Waals surface area contributed by atoms with Crippen molar-refractivity contribution in [2.24, 2.45) is 0 Å². The van der Waals surface area contributed by atoms with Gasteiger partial charge in [0.25, 0.3) is 0 Å². The van der Waals surface area contributed by atoms with E-state index >= 15 is 0 Å². The second-order valence-corrected chi connectivity index (χ2v) is 10.4. The van der Waals surface area contributed by atoms with Crippen molar-refractivity contribution in [2.45, 2.75) is 0 Å². The fourth-order valence-corrected chi connectivity index (χ4v) is 6.41. The molecule has 172 valence electrons. The van der Waals surface area contributed by atoms with Gasteiger partial charge in [-0.2, -0.15) is 0 Å². The maximum Gasteiger partial charge on any atom is 0.324 e. The number of fused-ring (bicyclic) bond motifs is 3. The van der Waals surface area contributed by atoms with E-state index in [2.05, 4.69) is 70.1 Å². The number of thiophene rings is 1. The summed E-state index contributed by atoms with van der Waals surface area (Å²) in [7, 11) is 4.02. The molecule has 0 atom stereocenters. The number of rotatable bonds is 5. The van der Waals surface area contributed by atoms with Crippen molar-refractivity contribution in [3.05, 3.63) is 95.0 Å². The van der Waals surface area contributed by atoms with E-state index in [4.69, 9.17) is 4.98 Å². The van der Waals surface area contributed by atoms with Crippen LogP contribution in [0, 0.1) is 10.1 Å². The van der Waals surface area contributed by atoms with Crippen molar-refractivity contribution in [1.82, 2.24) is 9.55 Å². The number of nitrogens with zero attached hydrogens (tertiary/aromatic N) is 4. The van der Waals surface area contributed by atoms with Crippen LogP contribution in [-0.2, 0) is 0 Å². The molecule has 35 heavy (non-hydrogen) atoms. The number of para-hydroxylation sites is 2. The quantitative estimate of drug-likeness (QED) is 0.182. The lowest BCUT2D eigenvalue weighted by Gasteiger charge is -2.12. The smallest absolute Gasteiger partial charge is 0.324 e. The molecule has 3 aromatic carbocycles. The van der Waals surface area contributed by atoms with Gasteiger partial charge in [0.1, 0.15) is 0 Å². The fourth-order valence-electron chi connectivity index (χ4n) is 4.36. The topological polar surface area (TPSA) is 64.2 Å². The Hall–Kier alpha value is -4.01. The fraction of sp³-hybridized carbons (Fsp3) is 0.0741. The minimum absolute atomic E-state index is 0.126. The molecule has 0 N–H and O–H groups in total. The van der Waals surface area contributed by atoms with Gasteiger partial charge in [-0.1, -0.05) is 71.2 Å². The van der Waals surface area contributed by atoms with Crippen LogP contribution in [0.2, 0.25) is 0 Å². The Kier molecular flexibility index (Phi) is 5.12. The number of hydrogen-bond acceptors (Lipinski definition) is 6.